The van der Waals surface area contributed by atoms with Gasteiger partial charge in [-0.15, -0.1) is 0 Å². The molecule has 1 saturated heterocycles. The molecule has 5 nitrogen and oxygen atoms in total. The summed E-state index contributed by atoms with van der Waals surface area (Å²) in [5, 5.41) is 3.95. The van der Waals surface area contributed by atoms with Gasteiger partial charge in [-0.2, -0.15) is 18.3 Å². The van der Waals surface area contributed by atoms with Gasteiger partial charge in [-0.3, -0.25) is 4.79 Å². The van der Waals surface area contributed by atoms with E-state index in [9.17, 15) is 18.0 Å². The number of nitrogens with zero attached hydrogens (tertiary/aromatic N) is 4. The first-order valence-electron chi connectivity index (χ1n) is 10.6. The lowest BCUT2D eigenvalue weighted by Crippen LogP contribution is -2.41. The minimum atomic E-state index is -4.54. The molecule has 2 aromatic heterocycles. The molecule has 1 aliphatic rings. The summed E-state index contributed by atoms with van der Waals surface area (Å²) in [6.45, 7) is 4.60. The second kappa shape index (κ2) is 8.32. The van der Waals surface area contributed by atoms with Gasteiger partial charge in [0.25, 0.3) is 0 Å². The highest BCUT2D eigenvalue weighted by Gasteiger charge is 2.37. The Morgan fingerprint density at radius 2 is 1.97 bits per heavy atom. The lowest BCUT2D eigenvalue weighted by Gasteiger charge is -2.35. The highest BCUT2D eigenvalue weighted by atomic mass is 19.4. The summed E-state index contributed by atoms with van der Waals surface area (Å²) in [4.78, 5) is 19.5. The Bertz CT molecular complexity index is 1080. The highest BCUT2D eigenvalue weighted by Crippen LogP contribution is 2.34. The summed E-state index contributed by atoms with van der Waals surface area (Å²) >= 11 is 0. The Labute approximate surface area is 178 Å². The Morgan fingerprint density at radius 1 is 1.23 bits per heavy atom. The van der Waals surface area contributed by atoms with Crippen molar-refractivity contribution < 1.29 is 18.0 Å². The Morgan fingerprint density at radius 3 is 2.65 bits per heavy atom. The van der Waals surface area contributed by atoms with Crippen molar-refractivity contribution in [2.75, 3.05) is 13.1 Å². The fourth-order valence-electron chi connectivity index (χ4n) is 4.40. The molecular weight excluding hydrogens is 405 g/mol. The van der Waals surface area contributed by atoms with Crippen LogP contribution in [0.25, 0.3) is 5.65 Å². The third kappa shape index (κ3) is 4.29. The van der Waals surface area contributed by atoms with E-state index in [0.29, 0.717) is 37.3 Å². The zero-order chi connectivity index (χ0) is 22.2. The number of likely N-dealkylation sites (tertiary alicyclic amines) is 1. The van der Waals surface area contributed by atoms with Gasteiger partial charge < -0.3 is 4.90 Å². The van der Waals surface area contributed by atoms with Gasteiger partial charge in [-0.25, -0.2) is 9.50 Å². The van der Waals surface area contributed by atoms with Crippen LogP contribution in [0.5, 0.6) is 0 Å². The normalized spacial score (nSPS) is 18.4. The molecule has 1 aromatic carbocycles. The molecule has 0 aliphatic carbocycles. The molecule has 3 aromatic rings. The lowest BCUT2D eigenvalue weighted by atomic mass is 9.90. The Balaban J connectivity index is 1.63. The van der Waals surface area contributed by atoms with Crippen molar-refractivity contribution in [2.24, 2.45) is 0 Å². The van der Waals surface area contributed by atoms with Crippen LogP contribution in [0.4, 0.5) is 13.2 Å². The van der Waals surface area contributed by atoms with Crippen LogP contribution < -0.4 is 0 Å². The minimum Gasteiger partial charge on any atom is -0.342 e. The number of fused-ring (bicyclic) bond motifs is 1. The van der Waals surface area contributed by atoms with Gasteiger partial charge in [-0.1, -0.05) is 37.3 Å². The summed E-state index contributed by atoms with van der Waals surface area (Å²) < 4.78 is 41.9. The van der Waals surface area contributed by atoms with Gasteiger partial charge in [-0.05, 0) is 37.8 Å². The van der Waals surface area contributed by atoms with Crippen LogP contribution in [0.1, 0.15) is 60.7 Å². The van der Waals surface area contributed by atoms with Crippen LogP contribution in [-0.4, -0.2) is 38.5 Å². The Hall–Kier alpha value is -2.90. The number of aryl methyl sites for hydroxylation is 1. The van der Waals surface area contributed by atoms with E-state index in [1.165, 1.54) is 0 Å². The summed E-state index contributed by atoms with van der Waals surface area (Å²) in [6, 6.07) is 12.3. The summed E-state index contributed by atoms with van der Waals surface area (Å²) in [5.74, 6) is -0.471. The number of hydrogen-bond acceptors (Lipinski definition) is 3. The molecule has 4 rings (SSSR count). The fourth-order valence-corrected chi connectivity index (χ4v) is 4.40. The lowest BCUT2D eigenvalue weighted by molar-refractivity contribution is -0.143. The van der Waals surface area contributed by atoms with Crippen LogP contribution in [-0.2, 0) is 11.0 Å². The van der Waals surface area contributed by atoms with E-state index >= 15 is 0 Å². The van der Waals surface area contributed by atoms with E-state index in [2.05, 4.69) is 10.1 Å². The van der Waals surface area contributed by atoms with Gasteiger partial charge in [0.1, 0.15) is 5.69 Å². The van der Waals surface area contributed by atoms with Crippen molar-refractivity contribution in [1.82, 2.24) is 19.5 Å². The van der Waals surface area contributed by atoms with Crippen molar-refractivity contribution >= 4 is 11.6 Å². The first kappa shape index (κ1) is 21.3. The largest absolute Gasteiger partial charge is 0.433 e. The van der Waals surface area contributed by atoms with Crippen molar-refractivity contribution in [3.63, 3.8) is 0 Å². The van der Waals surface area contributed by atoms with Crippen molar-refractivity contribution in [2.45, 2.75) is 51.1 Å². The molecule has 1 aliphatic heterocycles. The molecular formula is C23H25F3N4O. The van der Waals surface area contributed by atoms with E-state index in [0.717, 1.165) is 22.6 Å². The van der Waals surface area contributed by atoms with Crippen LogP contribution in [0.3, 0.4) is 0 Å². The molecule has 0 N–H and O–H groups in total. The number of carbonyl (C=O) groups is 1. The number of hydrogen-bond donors (Lipinski definition) is 0. The molecule has 0 saturated carbocycles. The Kier molecular flexibility index (Phi) is 5.73. The minimum absolute atomic E-state index is 0.0238. The third-order valence-electron chi connectivity index (χ3n) is 5.92. The summed E-state index contributed by atoms with van der Waals surface area (Å²) in [5.41, 5.74) is 1.15. The molecule has 0 radical (unpaired) electrons. The molecule has 1 amide bonds. The standard InChI is InChI=1S/C23H25F3N4O/c1-3-18(16-8-5-4-6-9-16)22(31)29-11-7-10-17(14-29)19-13-20(23(24,25)26)30-21(27-19)12-15(2)28-30/h4-6,8-9,12-13,17-18H,3,7,10-11,14H2,1-2H3/t17-,18-/m1/s1. The molecule has 0 spiro atoms. The van der Waals surface area contributed by atoms with Crippen molar-refractivity contribution in [1.29, 1.82) is 0 Å². The number of rotatable bonds is 4. The average molecular weight is 430 g/mol. The van der Waals surface area contributed by atoms with E-state index in [1.807, 2.05) is 37.3 Å². The molecule has 0 unspecified atom stereocenters. The van der Waals surface area contributed by atoms with E-state index in [1.54, 1.807) is 17.9 Å². The molecule has 8 heteroatoms. The van der Waals surface area contributed by atoms with Gasteiger partial charge >= 0.3 is 6.18 Å². The number of benzene rings is 1. The van der Waals surface area contributed by atoms with Gasteiger partial charge in [0, 0.05) is 30.8 Å². The highest BCUT2D eigenvalue weighted by molar-refractivity contribution is 5.83. The number of alkyl halides is 3. The zero-order valence-corrected chi connectivity index (χ0v) is 17.6. The monoisotopic (exact) mass is 430 g/mol. The third-order valence-corrected chi connectivity index (χ3v) is 5.92. The van der Waals surface area contributed by atoms with Crippen LogP contribution in [0.2, 0.25) is 0 Å². The molecule has 2 atom stereocenters. The number of amides is 1. The number of aromatic nitrogens is 3. The first-order valence-corrected chi connectivity index (χ1v) is 10.6. The molecule has 0 bridgehead atoms. The quantitative estimate of drug-likeness (QED) is 0.588. The van der Waals surface area contributed by atoms with E-state index in [-0.39, 0.29) is 23.4 Å². The predicted molar refractivity (Wildman–Crippen MR) is 111 cm³/mol. The number of piperidine rings is 1. The first-order chi connectivity index (χ1) is 14.8. The summed E-state index contributed by atoms with van der Waals surface area (Å²) in [6.07, 6.45) is -2.45. The number of carbonyl (C=O) groups excluding carboxylic acids is 1. The van der Waals surface area contributed by atoms with Crippen molar-refractivity contribution in [3.8, 4) is 0 Å². The average Bonchev–Trinajstić information content (AvgIpc) is 3.13. The zero-order valence-electron chi connectivity index (χ0n) is 17.6. The molecule has 31 heavy (non-hydrogen) atoms. The second-order valence-electron chi connectivity index (χ2n) is 8.11. The second-order valence-corrected chi connectivity index (χ2v) is 8.11. The molecule has 164 valence electrons. The van der Waals surface area contributed by atoms with E-state index in [4.69, 9.17) is 0 Å². The van der Waals surface area contributed by atoms with Gasteiger partial charge in [0.2, 0.25) is 5.91 Å². The van der Waals surface area contributed by atoms with Gasteiger partial charge in [0.05, 0.1) is 11.6 Å². The molecule has 3 heterocycles. The molecule has 1 fully saturated rings. The van der Waals surface area contributed by atoms with Crippen LogP contribution in [0, 0.1) is 6.92 Å². The van der Waals surface area contributed by atoms with E-state index < -0.39 is 11.9 Å². The smallest absolute Gasteiger partial charge is 0.342 e. The van der Waals surface area contributed by atoms with Crippen molar-refractivity contribution in [3.05, 3.63) is 65.1 Å². The predicted octanol–water partition coefficient (Wildman–Crippen LogP) is 4.96. The van der Waals surface area contributed by atoms with Crippen LogP contribution >= 0.6 is 0 Å². The van der Waals surface area contributed by atoms with Crippen LogP contribution in [0.15, 0.2) is 42.5 Å². The number of halogens is 3. The maximum absolute atomic E-state index is 13.7. The SMILES string of the molecule is CC[C@@H](C(=O)N1CCC[C@@H](c2cc(C(F)(F)F)n3nc(C)cc3n2)C1)c1ccccc1. The topological polar surface area (TPSA) is 50.5 Å². The fraction of sp³-hybridized carbons (Fsp3) is 0.435. The maximum atomic E-state index is 13.7. The summed E-state index contributed by atoms with van der Waals surface area (Å²) in [7, 11) is 0. The van der Waals surface area contributed by atoms with Gasteiger partial charge in [0.15, 0.2) is 5.65 Å². The maximum Gasteiger partial charge on any atom is 0.433 e.